The molecule has 0 bridgehead atoms. The first kappa shape index (κ1) is 11.4. The number of nitrogens with zero attached hydrogens (tertiary/aromatic N) is 1. The minimum Gasteiger partial charge on any atom is -0.326 e. The SMILES string of the molecule is CCC1CCN(C2CCCCC2N)CC1. The summed E-state index contributed by atoms with van der Waals surface area (Å²) in [7, 11) is 0. The van der Waals surface area contributed by atoms with Gasteiger partial charge in [-0.2, -0.15) is 0 Å². The van der Waals surface area contributed by atoms with Gasteiger partial charge in [-0.3, -0.25) is 4.90 Å². The summed E-state index contributed by atoms with van der Waals surface area (Å²) in [5.41, 5.74) is 6.24. The van der Waals surface area contributed by atoms with Gasteiger partial charge in [-0.05, 0) is 44.7 Å². The van der Waals surface area contributed by atoms with E-state index in [4.69, 9.17) is 5.73 Å². The number of hydrogen-bond donors (Lipinski definition) is 1. The smallest absolute Gasteiger partial charge is 0.0247 e. The summed E-state index contributed by atoms with van der Waals surface area (Å²) in [6.07, 6.45) is 9.51. The highest BCUT2D eigenvalue weighted by Crippen LogP contribution is 2.27. The standard InChI is InChI=1S/C13H26N2/c1-2-11-7-9-15(10-8-11)13-6-4-3-5-12(13)14/h11-13H,2-10,14H2,1H3. The van der Waals surface area contributed by atoms with Crippen LogP contribution in [0.2, 0.25) is 0 Å². The highest BCUT2D eigenvalue weighted by Gasteiger charge is 2.29. The first-order chi connectivity index (χ1) is 7.31. The maximum absolute atomic E-state index is 6.24. The van der Waals surface area contributed by atoms with E-state index in [0.717, 1.165) is 5.92 Å². The van der Waals surface area contributed by atoms with E-state index in [9.17, 15) is 0 Å². The highest BCUT2D eigenvalue weighted by atomic mass is 15.2. The summed E-state index contributed by atoms with van der Waals surface area (Å²) in [6.45, 7) is 4.93. The summed E-state index contributed by atoms with van der Waals surface area (Å²) < 4.78 is 0. The first-order valence-corrected chi connectivity index (χ1v) is 6.81. The Morgan fingerprint density at radius 1 is 1.07 bits per heavy atom. The molecular weight excluding hydrogens is 184 g/mol. The fraction of sp³-hybridized carbons (Fsp3) is 1.00. The van der Waals surface area contributed by atoms with Crippen LogP contribution in [-0.4, -0.2) is 30.1 Å². The average Bonchev–Trinajstić information content (AvgIpc) is 2.30. The Morgan fingerprint density at radius 2 is 1.73 bits per heavy atom. The molecule has 2 fully saturated rings. The van der Waals surface area contributed by atoms with Crippen LogP contribution in [0, 0.1) is 5.92 Å². The molecule has 2 rings (SSSR count). The summed E-state index contributed by atoms with van der Waals surface area (Å²) in [4.78, 5) is 2.68. The maximum Gasteiger partial charge on any atom is 0.0247 e. The molecule has 1 heterocycles. The van der Waals surface area contributed by atoms with Crippen molar-refractivity contribution in [2.24, 2.45) is 11.7 Å². The van der Waals surface area contributed by atoms with E-state index < -0.39 is 0 Å². The van der Waals surface area contributed by atoms with Crippen LogP contribution in [0.3, 0.4) is 0 Å². The van der Waals surface area contributed by atoms with Crippen LogP contribution in [0.4, 0.5) is 0 Å². The Morgan fingerprint density at radius 3 is 2.33 bits per heavy atom. The third kappa shape index (κ3) is 2.73. The monoisotopic (exact) mass is 210 g/mol. The molecule has 2 atom stereocenters. The number of nitrogens with two attached hydrogens (primary N) is 1. The van der Waals surface area contributed by atoms with E-state index >= 15 is 0 Å². The molecule has 0 aromatic heterocycles. The lowest BCUT2D eigenvalue weighted by atomic mass is 9.86. The topological polar surface area (TPSA) is 29.3 Å². The summed E-state index contributed by atoms with van der Waals surface area (Å²) >= 11 is 0. The van der Waals surface area contributed by atoms with Crippen LogP contribution < -0.4 is 5.73 Å². The molecule has 2 N–H and O–H groups in total. The molecule has 0 aromatic carbocycles. The van der Waals surface area contributed by atoms with Gasteiger partial charge in [0.05, 0.1) is 0 Å². The van der Waals surface area contributed by atoms with Crippen LogP contribution in [0.1, 0.15) is 51.9 Å². The van der Waals surface area contributed by atoms with Crippen molar-refractivity contribution in [3.05, 3.63) is 0 Å². The van der Waals surface area contributed by atoms with Crippen molar-refractivity contribution in [1.29, 1.82) is 0 Å². The van der Waals surface area contributed by atoms with Crippen molar-refractivity contribution in [3.63, 3.8) is 0 Å². The molecule has 2 unspecified atom stereocenters. The van der Waals surface area contributed by atoms with Gasteiger partial charge in [0.25, 0.3) is 0 Å². The Labute approximate surface area is 94.2 Å². The Kier molecular flexibility index (Phi) is 4.04. The van der Waals surface area contributed by atoms with Crippen LogP contribution in [0.25, 0.3) is 0 Å². The molecule has 0 spiro atoms. The zero-order chi connectivity index (χ0) is 10.7. The maximum atomic E-state index is 6.24. The van der Waals surface area contributed by atoms with Gasteiger partial charge in [-0.25, -0.2) is 0 Å². The van der Waals surface area contributed by atoms with Crippen molar-refractivity contribution in [3.8, 4) is 0 Å². The lowest BCUT2D eigenvalue weighted by molar-refractivity contribution is 0.0928. The van der Waals surface area contributed by atoms with Crippen molar-refractivity contribution >= 4 is 0 Å². The quantitative estimate of drug-likeness (QED) is 0.758. The average molecular weight is 210 g/mol. The fourth-order valence-electron chi connectivity index (χ4n) is 3.29. The van der Waals surface area contributed by atoms with Gasteiger partial charge in [-0.15, -0.1) is 0 Å². The highest BCUT2D eigenvalue weighted by molar-refractivity contribution is 4.88. The minimum atomic E-state index is 0.455. The third-order valence-electron chi connectivity index (χ3n) is 4.48. The van der Waals surface area contributed by atoms with E-state index in [2.05, 4.69) is 11.8 Å². The molecule has 2 aliphatic rings. The molecule has 2 heteroatoms. The Balaban J connectivity index is 1.83. The zero-order valence-electron chi connectivity index (χ0n) is 10.1. The molecular formula is C13H26N2. The normalized spacial score (nSPS) is 35.6. The second-order valence-electron chi connectivity index (χ2n) is 5.40. The molecule has 1 saturated heterocycles. The van der Waals surface area contributed by atoms with E-state index in [1.54, 1.807) is 0 Å². The first-order valence-electron chi connectivity index (χ1n) is 6.81. The van der Waals surface area contributed by atoms with E-state index in [-0.39, 0.29) is 0 Å². The zero-order valence-corrected chi connectivity index (χ0v) is 10.1. The lowest BCUT2D eigenvalue weighted by Gasteiger charge is -2.42. The van der Waals surface area contributed by atoms with Gasteiger partial charge < -0.3 is 5.73 Å². The number of rotatable bonds is 2. The molecule has 15 heavy (non-hydrogen) atoms. The molecule has 2 nitrogen and oxygen atoms in total. The Bertz CT molecular complexity index is 185. The van der Waals surface area contributed by atoms with E-state index in [0.29, 0.717) is 12.1 Å². The summed E-state index contributed by atoms with van der Waals surface area (Å²) in [6, 6.07) is 1.16. The predicted molar refractivity (Wildman–Crippen MR) is 64.8 cm³/mol. The Hall–Kier alpha value is -0.0800. The third-order valence-corrected chi connectivity index (χ3v) is 4.48. The molecule has 1 aliphatic carbocycles. The van der Waals surface area contributed by atoms with Crippen LogP contribution in [0.5, 0.6) is 0 Å². The summed E-state index contributed by atoms with van der Waals surface area (Å²) in [5.74, 6) is 0.987. The van der Waals surface area contributed by atoms with E-state index in [1.807, 2.05) is 0 Å². The molecule has 0 amide bonds. The van der Waals surface area contributed by atoms with Gasteiger partial charge in [0, 0.05) is 12.1 Å². The molecule has 1 saturated carbocycles. The van der Waals surface area contributed by atoms with E-state index in [1.165, 1.54) is 58.0 Å². The van der Waals surface area contributed by atoms with Gasteiger partial charge in [0.1, 0.15) is 0 Å². The minimum absolute atomic E-state index is 0.455. The van der Waals surface area contributed by atoms with Gasteiger partial charge >= 0.3 is 0 Å². The van der Waals surface area contributed by atoms with Crippen molar-refractivity contribution in [2.45, 2.75) is 64.0 Å². The predicted octanol–water partition coefficient (Wildman–Crippen LogP) is 2.38. The fourth-order valence-corrected chi connectivity index (χ4v) is 3.29. The summed E-state index contributed by atoms with van der Waals surface area (Å²) in [5, 5.41) is 0. The van der Waals surface area contributed by atoms with Crippen molar-refractivity contribution < 1.29 is 0 Å². The van der Waals surface area contributed by atoms with Crippen molar-refractivity contribution in [1.82, 2.24) is 4.90 Å². The molecule has 88 valence electrons. The molecule has 1 aliphatic heterocycles. The molecule has 0 radical (unpaired) electrons. The lowest BCUT2D eigenvalue weighted by Crippen LogP contribution is -2.52. The van der Waals surface area contributed by atoms with Gasteiger partial charge in [0.2, 0.25) is 0 Å². The van der Waals surface area contributed by atoms with Gasteiger partial charge in [0.15, 0.2) is 0 Å². The number of likely N-dealkylation sites (tertiary alicyclic amines) is 1. The second kappa shape index (κ2) is 5.31. The molecule has 0 aromatic rings. The van der Waals surface area contributed by atoms with Crippen LogP contribution in [0.15, 0.2) is 0 Å². The second-order valence-corrected chi connectivity index (χ2v) is 5.40. The number of hydrogen-bond acceptors (Lipinski definition) is 2. The largest absolute Gasteiger partial charge is 0.326 e. The van der Waals surface area contributed by atoms with Crippen LogP contribution in [-0.2, 0) is 0 Å². The number of piperidine rings is 1. The van der Waals surface area contributed by atoms with Crippen molar-refractivity contribution in [2.75, 3.05) is 13.1 Å². The van der Waals surface area contributed by atoms with Gasteiger partial charge in [-0.1, -0.05) is 26.2 Å². The van der Waals surface area contributed by atoms with Crippen LogP contribution >= 0.6 is 0 Å².